The highest BCUT2D eigenvalue weighted by Crippen LogP contribution is 2.39. The van der Waals surface area contributed by atoms with Gasteiger partial charge in [0.05, 0.1) is 24.1 Å². The van der Waals surface area contributed by atoms with E-state index in [2.05, 4.69) is 23.1 Å². The van der Waals surface area contributed by atoms with Crippen molar-refractivity contribution in [1.82, 2.24) is 4.90 Å². The van der Waals surface area contributed by atoms with Crippen molar-refractivity contribution in [2.75, 3.05) is 19.8 Å². The number of benzene rings is 1. The van der Waals surface area contributed by atoms with Crippen molar-refractivity contribution in [2.45, 2.75) is 44.6 Å². The molecule has 0 N–H and O–H groups in total. The van der Waals surface area contributed by atoms with Gasteiger partial charge in [-0.1, -0.05) is 6.07 Å². The van der Waals surface area contributed by atoms with E-state index in [1.807, 2.05) is 6.07 Å². The number of aryl methyl sites for hydroxylation is 2. The van der Waals surface area contributed by atoms with Crippen LogP contribution < -0.4 is 9.47 Å². The van der Waals surface area contributed by atoms with Gasteiger partial charge in [0.15, 0.2) is 11.5 Å². The van der Waals surface area contributed by atoms with Gasteiger partial charge in [-0.2, -0.15) is 0 Å². The fourth-order valence-corrected chi connectivity index (χ4v) is 5.53. The second kappa shape index (κ2) is 6.62. The van der Waals surface area contributed by atoms with Crippen molar-refractivity contribution >= 4 is 17.2 Å². The van der Waals surface area contributed by atoms with E-state index in [0.29, 0.717) is 13.2 Å². The van der Waals surface area contributed by atoms with Gasteiger partial charge in [-0.3, -0.25) is 4.79 Å². The predicted molar refractivity (Wildman–Crippen MR) is 101 cm³/mol. The van der Waals surface area contributed by atoms with Crippen LogP contribution in [0.3, 0.4) is 0 Å². The van der Waals surface area contributed by atoms with Crippen LogP contribution in [-0.2, 0) is 12.8 Å². The molecule has 26 heavy (non-hydrogen) atoms. The van der Waals surface area contributed by atoms with Gasteiger partial charge in [0, 0.05) is 17.8 Å². The first-order valence-corrected chi connectivity index (χ1v) is 10.4. The predicted octanol–water partition coefficient (Wildman–Crippen LogP) is 4.38. The quantitative estimate of drug-likeness (QED) is 0.789. The Balaban J connectivity index is 1.41. The molecule has 0 unspecified atom stereocenters. The minimum atomic E-state index is 0.136. The molecule has 4 nitrogen and oxygen atoms in total. The molecule has 0 bridgehead atoms. The van der Waals surface area contributed by atoms with E-state index < -0.39 is 0 Å². The summed E-state index contributed by atoms with van der Waals surface area (Å²) in [6, 6.07) is 8.44. The Bertz CT molecular complexity index is 822. The third-order valence-corrected chi connectivity index (χ3v) is 6.85. The maximum atomic E-state index is 13.2. The highest BCUT2D eigenvalue weighted by molar-refractivity contribution is 7.14. The van der Waals surface area contributed by atoms with Gasteiger partial charge in [0.2, 0.25) is 0 Å². The summed E-state index contributed by atoms with van der Waals surface area (Å²) in [6.45, 7) is 2.22. The molecule has 0 radical (unpaired) electrons. The number of hydrogen-bond acceptors (Lipinski definition) is 4. The van der Waals surface area contributed by atoms with Crippen LogP contribution in [0.2, 0.25) is 0 Å². The molecule has 1 saturated heterocycles. The number of amides is 1. The minimum Gasteiger partial charge on any atom is -0.490 e. The Kier molecular flexibility index (Phi) is 4.12. The third kappa shape index (κ3) is 2.78. The molecule has 1 fully saturated rings. The summed E-state index contributed by atoms with van der Waals surface area (Å²) in [4.78, 5) is 17.5. The zero-order valence-electron chi connectivity index (χ0n) is 14.8. The number of likely N-dealkylation sites (tertiary alicyclic amines) is 1. The van der Waals surface area contributed by atoms with E-state index in [4.69, 9.17) is 9.47 Å². The van der Waals surface area contributed by atoms with Crippen LogP contribution in [0.5, 0.6) is 11.5 Å². The average molecular weight is 369 g/mol. The minimum absolute atomic E-state index is 0.136. The van der Waals surface area contributed by atoms with Gasteiger partial charge >= 0.3 is 0 Å². The molecule has 0 spiro atoms. The van der Waals surface area contributed by atoms with Crippen molar-refractivity contribution in [1.29, 1.82) is 0 Å². The molecule has 0 saturated carbocycles. The molecule has 1 aromatic carbocycles. The molecule has 1 atom stereocenters. The lowest BCUT2D eigenvalue weighted by molar-refractivity contribution is 0.0740. The van der Waals surface area contributed by atoms with Gasteiger partial charge < -0.3 is 14.4 Å². The summed E-state index contributed by atoms with van der Waals surface area (Å²) >= 11 is 1.70. The van der Waals surface area contributed by atoms with Gasteiger partial charge in [-0.05, 0) is 61.4 Å². The first kappa shape index (κ1) is 16.2. The standard InChI is InChI=1S/C21H23NO3S/c23-21(20-13-15-4-1-6-19(15)26-20)22-9-2-5-16(22)14-7-8-17-18(12-14)25-11-3-10-24-17/h7-8,12-13,16H,1-6,9-11H2/t16-/m0/s1. The number of rotatable bonds is 2. The second-order valence-electron chi connectivity index (χ2n) is 7.33. The number of thiophene rings is 1. The largest absolute Gasteiger partial charge is 0.490 e. The van der Waals surface area contributed by atoms with E-state index in [1.165, 1.54) is 16.9 Å². The van der Waals surface area contributed by atoms with E-state index in [1.54, 1.807) is 11.3 Å². The van der Waals surface area contributed by atoms with Crippen LogP contribution in [-0.4, -0.2) is 30.6 Å². The molecular weight excluding hydrogens is 346 g/mol. The second-order valence-corrected chi connectivity index (χ2v) is 8.46. The van der Waals surface area contributed by atoms with Gasteiger partial charge in [0.1, 0.15) is 0 Å². The SMILES string of the molecule is O=C(c1cc2c(s1)CCC2)N1CCC[C@H]1c1ccc2c(c1)OCCCO2. The Morgan fingerprint density at radius 2 is 1.92 bits per heavy atom. The number of fused-ring (bicyclic) bond motifs is 2. The molecule has 1 aromatic heterocycles. The van der Waals surface area contributed by atoms with Gasteiger partial charge in [-0.25, -0.2) is 0 Å². The lowest BCUT2D eigenvalue weighted by Gasteiger charge is -2.25. The van der Waals surface area contributed by atoms with E-state index >= 15 is 0 Å². The maximum Gasteiger partial charge on any atom is 0.264 e. The third-order valence-electron chi connectivity index (χ3n) is 5.63. The van der Waals surface area contributed by atoms with Crippen LogP contribution in [0.1, 0.15) is 57.4 Å². The number of nitrogens with zero attached hydrogens (tertiary/aromatic N) is 1. The zero-order chi connectivity index (χ0) is 17.5. The first-order chi connectivity index (χ1) is 12.8. The monoisotopic (exact) mass is 369 g/mol. The summed E-state index contributed by atoms with van der Waals surface area (Å²) in [5, 5.41) is 0. The number of carbonyl (C=O) groups excluding carboxylic acids is 1. The summed E-state index contributed by atoms with van der Waals surface area (Å²) in [5.74, 6) is 1.82. The Morgan fingerprint density at radius 1 is 1.04 bits per heavy atom. The highest BCUT2D eigenvalue weighted by atomic mass is 32.1. The van der Waals surface area contributed by atoms with Crippen molar-refractivity contribution in [3.63, 3.8) is 0 Å². The van der Waals surface area contributed by atoms with E-state index in [9.17, 15) is 4.79 Å². The van der Waals surface area contributed by atoms with Crippen LogP contribution in [0.25, 0.3) is 0 Å². The molecule has 3 aliphatic rings. The molecular formula is C21H23NO3S. The smallest absolute Gasteiger partial charge is 0.264 e. The Hall–Kier alpha value is -2.01. The molecule has 2 aliphatic heterocycles. The van der Waals surface area contributed by atoms with Crippen molar-refractivity contribution in [3.05, 3.63) is 45.1 Å². The summed E-state index contributed by atoms with van der Waals surface area (Å²) in [6.07, 6.45) is 6.47. The lowest BCUT2D eigenvalue weighted by Crippen LogP contribution is -2.30. The molecule has 136 valence electrons. The van der Waals surface area contributed by atoms with Crippen LogP contribution >= 0.6 is 11.3 Å². The van der Waals surface area contributed by atoms with Crippen LogP contribution in [0.15, 0.2) is 24.3 Å². The molecule has 2 aromatic rings. The molecule has 5 heteroatoms. The van der Waals surface area contributed by atoms with E-state index in [0.717, 1.165) is 60.6 Å². The average Bonchev–Trinajstić information content (AvgIpc) is 3.33. The van der Waals surface area contributed by atoms with Crippen molar-refractivity contribution < 1.29 is 14.3 Å². The fraction of sp³-hybridized carbons (Fsp3) is 0.476. The van der Waals surface area contributed by atoms with Crippen LogP contribution in [0.4, 0.5) is 0 Å². The zero-order valence-corrected chi connectivity index (χ0v) is 15.6. The van der Waals surface area contributed by atoms with Crippen LogP contribution in [0, 0.1) is 0 Å². The number of hydrogen-bond donors (Lipinski definition) is 0. The molecule has 5 rings (SSSR count). The van der Waals surface area contributed by atoms with Crippen molar-refractivity contribution in [2.24, 2.45) is 0 Å². The lowest BCUT2D eigenvalue weighted by atomic mass is 10.0. The number of carbonyl (C=O) groups is 1. The maximum absolute atomic E-state index is 13.2. The summed E-state index contributed by atoms with van der Waals surface area (Å²) in [5.41, 5.74) is 2.55. The summed E-state index contributed by atoms with van der Waals surface area (Å²) < 4.78 is 11.6. The molecule has 1 aliphatic carbocycles. The van der Waals surface area contributed by atoms with Gasteiger partial charge in [0.25, 0.3) is 5.91 Å². The Labute approximate surface area is 157 Å². The normalized spacial score (nSPS) is 21.5. The Morgan fingerprint density at radius 3 is 2.81 bits per heavy atom. The number of ether oxygens (including phenoxy) is 2. The van der Waals surface area contributed by atoms with Crippen molar-refractivity contribution in [3.8, 4) is 11.5 Å². The summed E-state index contributed by atoms with van der Waals surface area (Å²) in [7, 11) is 0. The fourth-order valence-electron chi connectivity index (χ4n) is 4.32. The molecule has 1 amide bonds. The van der Waals surface area contributed by atoms with Gasteiger partial charge in [-0.15, -0.1) is 11.3 Å². The topological polar surface area (TPSA) is 38.8 Å². The molecule has 3 heterocycles. The highest BCUT2D eigenvalue weighted by Gasteiger charge is 2.32. The first-order valence-electron chi connectivity index (χ1n) is 9.62. The van der Waals surface area contributed by atoms with E-state index in [-0.39, 0.29) is 11.9 Å².